The van der Waals surface area contributed by atoms with E-state index in [1.54, 1.807) is 6.07 Å². The number of hydrogen-bond donors (Lipinski definition) is 1. The summed E-state index contributed by atoms with van der Waals surface area (Å²) in [4.78, 5) is 0. The molecular formula is C12H12N2O3. The van der Waals surface area contributed by atoms with Crippen molar-refractivity contribution in [3.63, 3.8) is 0 Å². The molecule has 88 valence electrons. The van der Waals surface area contributed by atoms with Crippen molar-refractivity contribution in [1.29, 1.82) is 0 Å². The van der Waals surface area contributed by atoms with Gasteiger partial charge < -0.3 is 19.7 Å². The van der Waals surface area contributed by atoms with Crippen LogP contribution < -0.4 is 5.73 Å². The van der Waals surface area contributed by atoms with Crippen LogP contribution in [0.1, 0.15) is 11.7 Å². The normalized spacial score (nSPS) is 19.6. The summed E-state index contributed by atoms with van der Waals surface area (Å²) in [6, 6.07) is 9.60. The smallest absolute Gasteiger partial charge is 0.169 e. The van der Waals surface area contributed by atoms with Crippen molar-refractivity contribution in [3.8, 4) is 11.3 Å². The van der Waals surface area contributed by atoms with Gasteiger partial charge in [-0.2, -0.15) is 0 Å². The molecule has 5 heteroatoms. The lowest BCUT2D eigenvalue weighted by Gasteiger charge is -2.07. The Balaban J connectivity index is 1.84. The second-order valence-corrected chi connectivity index (χ2v) is 3.88. The summed E-state index contributed by atoms with van der Waals surface area (Å²) in [7, 11) is 0. The van der Waals surface area contributed by atoms with Crippen LogP contribution in [0.2, 0.25) is 0 Å². The van der Waals surface area contributed by atoms with Gasteiger partial charge in [-0.25, -0.2) is 0 Å². The van der Waals surface area contributed by atoms with E-state index in [1.807, 2.05) is 24.3 Å². The molecule has 2 N–H and O–H groups in total. The Hall–Kier alpha value is -1.85. The third-order valence-electron chi connectivity index (χ3n) is 2.72. The lowest BCUT2D eigenvalue weighted by Crippen LogP contribution is -1.98. The summed E-state index contributed by atoms with van der Waals surface area (Å²) >= 11 is 0. The maximum absolute atomic E-state index is 5.50. The summed E-state index contributed by atoms with van der Waals surface area (Å²) in [6.45, 7) is 0.972. The number of nitrogens with two attached hydrogens (primary N) is 1. The van der Waals surface area contributed by atoms with E-state index < -0.39 is 0 Å². The van der Waals surface area contributed by atoms with Gasteiger partial charge in [0.1, 0.15) is 12.9 Å². The zero-order chi connectivity index (χ0) is 11.7. The second-order valence-electron chi connectivity index (χ2n) is 3.88. The minimum Gasteiger partial charge on any atom is -0.381 e. The first-order valence-corrected chi connectivity index (χ1v) is 5.35. The summed E-state index contributed by atoms with van der Waals surface area (Å²) in [5.41, 5.74) is 7.54. The number of nitrogens with zero attached hydrogens (tertiary/aromatic N) is 1. The van der Waals surface area contributed by atoms with E-state index >= 15 is 0 Å². The molecule has 17 heavy (non-hydrogen) atoms. The molecule has 0 spiro atoms. The lowest BCUT2D eigenvalue weighted by molar-refractivity contribution is 0.0466. The van der Waals surface area contributed by atoms with Crippen molar-refractivity contribution in [3.05, 3.63) is 35.9 Å². The molecule has 2 heterocycles. The molecule has 1 aromatic carbocycles. The van der Waals surface area contributed by atoms with Crippen LogP contribution in [-0.4, -0.2) is 18.6 Å². The van der Waals surface area contributed by atoms with Gasteiger partial charge in [0, 0.05) is 11.6 Å². The monoisotopic (exact) mass is 232 g/mol. The van der Waals surface area contributed by atoms with Crippen molar-refractivity contribution >= 4 is 5.82 Å². The van der Waals surface area contributed by atoms with Crippen LogP contribution in [0.4, 0.5) is 5.82 Å². The molecule has 2 aromatic rings. The van der Waals surface area contributed by atoms with Gasteiger partial charge in [-0.1, -0.05) is 29.4 Å². The third-order valence-corrected chi connectivity index (χ3v) is 2.72. The molecule has 1 aliphatic heterocycles. The van der Waals surface area contributed by atoms with Gasteiger partial charge in [0.2, 0.25) is 0 Å². The Labute approximate surface area is 98.1 Å². The van der Waals surface area contributed by atoms with Crippen LogP contribution in [0, 0.1) is 0 Å². The maximum atomic E-state index is 5.50. The SMILES string of the molecule is Nc1cc(-c2ccc(C3COCO3)cc2)on1. The molecule has 0 aliphatic carbocycles. The Kier molecular flexibility index (Phi) is 2.55. The molecule has 1 saturated heterocycles. The van der Waals surface area contributed by atoms with Crippen molar-refractivity contribution in [2.75, 3.05) is 19.1 Å². The molecule has 1 fully saturated rings. The molecule has 0 bridgehead atoms. The standard InChI is InChI=1S/C12H12N2O3/c13-12-5-10(17-14-12)8-1-3-9(4-2-8)11-6-15-7-16-11/h1-5,11H,6-7H2,(H2,13,14). The molecule has 0 saturated carbocycles. The molecule has 1 aliphatic rings. The molecule has 1 atom stereocenters. The first-order valence-electron chi connectivity index (χ1n) is 5.35. The van der Waals surface area contributed by atoms with E-state index in [4.69, 9.17) is 19.7 Å². The number of anilines is 1. The Morgan fingerprint density at radius 1 is 1.24 bits per heavy atom. The number of aromatic nitrogens is 1. The Morgan fingerprint density at radius 3 is 2.65 bits per heavy atom. The highest BCUT2D eigenvalue weighted by atomic mass is 16.7. The highest BCUT2D eigenvalue weighted by Gasteiger charge is 2.18. The predicted molar refractivity (Wildman–Crippen MR) is 61.0 cm³/mol. The highest BCUT2D eigenvalue weighted by Crippen LogP contribution is 2.26. The summed E-state index contributed by atoms with van der Waals surface area (Å²) < 4.78 is 15.7. The molecule has 1 unspecified atom stereocenters. The van der Waals surface area contributed by atoms with Crippen molar-refractivity contribution < 1.29 is 14.0 Å². The van der Waals surface area contributed by atoms with E-state index in [1.165, 1.54) is 0 Å². The second kappa shape index (κ2) is 4.20. The zero-order valence-corrected chi connectivity index (χ0v) is 9.13. The first kappa shape index (κ1) is 10.3. The minimum atomic E-state index is 0.0313. The van der Waals surface area contributed by atoms with E-state index in [9.17, 15) is 0 Å². The number of ether oxygens (including phenoxy) is 2. The highest BCUT2D eigenvalue weighted by molar-refractivity contribution is 5.60. The summed E-state index contributed by atoms with van der Waals surface area (Å²) in [5.74, 6) is 1.05. The van der Waals surface area contributed by atoms with Gasteiger partial charge in [-0.15, -0.1) is 0 Å². The minimum absolute atomic E-state index is 0.0313. The number of hydrogen-bond acceptors (Lipinski definition) is 5. The average molecular weight is 232 g/mol. The quantitative estimate of drug-likeness (QED) is 0.857. The third kappa shape index (κ3) is 2.02. The van der Waals surface area contributed by atoms with Crippen molar-refractivity contribution in [1.82, 2.24) is 5.16 Å². The van der Waals surface area contributed by atoms with Crippen LogP contribution in [0.15, 0.2) is 34.9 Å². The summed E-state index contributed by atoms with van der Waals surface area (Å²) in [5, 5.41) is 3.65. The van der Waals surface area contributed by atoms with E-state index in [0.29, 0.717) is 25.0 Å². The van der Waals surface area contributed by atoms with E-state index in [2.05, 4.69) is 5.16 Å². The van der Waals surface area contributed by atoms with Gasteiger partial charge in [0.05, 0.1) is 6.61 Å². The topological polar surface area (TPSA) is 70.5 Å². The van der Waals surface area contributed by atoms with Crippen molar-refractivity contribution in [2.24, 2.45) is 0 Å². The fourth-order valence-electron chi connectivity index (χ4n) is 1.81. The predicted octanol–water partition coefficient (Wildman–Crippen LogP) is 1.97. The van der Waals surface area contributed by atoms with E-state index in [0.717, 1.165) is 11.1 Å². The largest absolute Gasteiger partial charge is 0.381 e. The molecule has 1 aromatic heterocycles. The fraction of sp³-hybridized carbons (Fsp3) is 0.250. The number of benzene rings is 1. The van der Waals surface area contributed by atoms with Crippen molar-refractivity contribution in [2.45, 2.75) is 6.10 Å². The van der Waals surface area contributed by atoms with Crippen LogP contribution in [0.3, 0.4) is 0 Å². The van der Waals surface area contributed by atoms with Crippen LogP contribution in [0.25, 0.3) is 11.3 Å². The Morgan fingerprint density at radius 2 is 2.06 bits per heavy atom. The molecule has 0 amide bonds. The first-order chi connectivity index (χ1) is 8.33. The van der Waals surface area contributed by atoms with Crippen LogP contribution in [0.5, 0.6) is 0 Å². The van der Waals surface area contributed by atoms with Gasteiger partial charge in [0.15, 0.2) is 11.6 Å². The molecule has 3 rings (SSSR count). The maximum Gasteiger partial charge on any atom is 0.169 e. The van der Waals surface area contributed by atoms with Gasteiger partial charge in [-0.05, 0) is 5.56 Å². The Bertz CT molecular complexity index is 501. The molecule has 0 radical (unpaired) electrons. The van der Waals surface area contributed by atoms with E-state index in [-0.39, 0.29) is 6.10 Å². The molecular weight excluding hydrogens is 220 g/mol. The fourth-order valence-corrected chi connectivity index (χ4v) is 1.81. The molecule has 5 nitrogen and oxygen atoms in total. The number of rotatable bonds is 2. The zero-order valence-electron chi connectivity index (χ0n) is 9.13. The summed E-state index contributed by atoms with van der Waals surface area (Å²) in [6.07, 6.45) is 0.0313. The van der Waals surface area contributed by atoms with Crippen LogP contribution >= 0.6 is 0 Å². The van der Waals surface area contributed by atoms with Gasteiger partial charge in [-0.3, -0.25) is 0 Å². The van der Waals surface area contributed by atoms with Crippen LogP contribution in [-0.2, 0) is 9.47 Å². The van der Waals surface area contributed by atoms with Gasteiger partial charge >= 0.3 is 0 Å². The lowest BCUT2D eigenvalue weighted by atomic mass is 10.1. The average Bonchev–Trinajstić information content (AvgIpc) is 3.00. The van der Waals surface area contributed by atoms with Gasteiger partial charge in [0.25, 0.3) is 0 Å². The number of nitrogen functional groups attached to an aromatic ring is 1.